The van der Waals surface area contributed by atoms with Gasteiger partial charge in [0.15, 0.2) is 0 Å². The maximum Gasteiger partial charge on any atom is 0.0847 e. The minimum absolute atomic E-state index is 0. The van der Waals surface area contributed by atoms with E-state index in [0.717, 1.165) is 8.97 Å². The zero-order chi connectivity index (χ0) is 15.6. The lowest BCUT2D eigenvalue weighted by Gasteiger charge is -2.29. The smallest absolute Gasteiger partial charge is 0.0847 e. The second-order valence-electron chi connectivity index (χ2n) is 8.42. The molecule has 1 aromatic rings. The van der Waals surface area contributed by atoms with Gasteiger partial charge in [-0.1, -0.05) is 38.1 Å². The van der Waals surface area contributed by atoms with Gasteiger partial charge >= 0.3 is 0 Å². The van der Waals surface area contributed by atoms with E-state index >= 15 is 0 Å². The first-order valence-electron chi connectivity index (χ1n) is 7.69. The Kier molecular flexibility index (Phi) is 10.4. The van der Waals surface area contributed by atoms with Crippen LogP contribution in [0.3, 0.4) is 0 Å². The number of halogens is 2. The van der Waals surface area contributed by atoms with Crippen molar-refractivity contribution in [2.24, 2.45) is 0 Å². The van der Waals surface area contributed by atoms with Crippen molar-refractivity contribution in [3.63, 3.8) is 0 Å². The van der Waals surface area contributed by atoms with E-state index in [2.05, 4.69) is 80.4 Å². The summed E-state index contributed by atoms with van der Waals surface area (Å²) in [5.74, 6) is 1.21. The molecule has 2 nitrogen and oxygen atoms in total. The molecule has 0 fully saturated rings. The molecule has 0 amide bonds. The fourth-order valence-corrected chi connectivity index (χ4v) is 3.03. The molecule has 2 atom stereocenters. The summed E-state index contributed by atoms with van der Waals surface area (Å²) < 4.78 is 2.03. The van der Waals surface area contributed by atoms with Crippen LogP contribution in [-0.4, -0.2) is 64.3 Å². The molecular formula is C18H34Br2N2. The quantitative estimate of drug-likeness (QED) is 0.425. The monoisotopic (exact) mass is 436 g/mol. The second kappa shape index (κ2) is 9.41. The summed E-state index contributed by atoms with van der Waals surface area (Å²) in [6, 6.07) is 9.20. The van der Waals surface area contributed by atoms with Crippen LogP contribution in [0.15, 0.2) is 24.3 Å². The van der Waals surface area contributed by atoms with E-state index in [1.165, 1.54) is 24.2 Å². The van der Waals surface area contributed by atoms with E-state index in [4.69, 9.17) is 0 Å². The number of nitrogens with zero attached hydrogens (tertiary/aromatic N) is 2. The van der Waals surface area contributed by atoms with Gasteiger partial charge in [-0.3, -0.25) is 0 Å². The molecule has 1 aromatic carbocycles. The van der Waals surface area contributed by atoms with Crippen LogP contribution in [0, 0.1) is 0 Å². The molecule has 22 heavy (non-hydrogen) atoms. The molecule has 0 heterocycles. The number of hydrogen-bond acceptors (Lipinski definition) is 0. The molecular weight excluding hydrogens is 404 g/mol. The molecule has 0 aromatic heterocycles. The van der Waals surface area contributed by atoms with E-state index in [0.29, 0.717) is 11.8 Å². The van der Waals surface area contributed by atoms with Gasteiger partial charge in [-0.25, -0.2) is 0 Å². The zero-order valence-corrected chi connectivity index (χ0v) is 18.7. The Morgan fingerprint density at radius 3 is 1.32 bits per heavy atom. The number of likely N-dealkylation sites (N-methyl/N-ethyl adjacent to an activating group) is 2. The van der Waals surface area contributed by atoms with E-state index in [1.54, 1.807) is 0 Å². The van der Waals surface area contributed by atoms with Crippen molar-refractivity contribution in [2.75, 3.05) is 55.4 Å². The third-order valence-electron chi connectivity index (χ3n) is 3.69. The predicted molar refractivity (Wildman–Crippen MR) is 89.1 cm³/mol. The molecule has 0 bridgehead atoms. The van der Waals surface area contributed by atoms with Gasteiger partial charge in [-0.05, 0) is 11.1 Å². The van der Waals surface area contributed by atoms with Gasteiger partial charge in [-0.15, -0.1) is 0 Å². The lowest BCUT2D eigenvalue weighted by atomic mass is 9.93. The van der Waals surface area contributed by atoms with Crippen LogP contribution in [-0.2, 0) is 0 Å². The first-order chi connectivity index (χ1) is 8.98. The summed E-state index contributed by atoms with van der Waals surface area (Å²) in [7, 11) is 13.6. The molecule has 0 aliphatic rings. The average molecular weight is 438 g/mol. The normalized spacial score (nSPS) is 14.5. The van der Waals surface area contributed by atoms with Crippen LogP contribution in [0.1, 0.15) is 36.8 Å². The molecule has 0 radical (unpaired) electrons. The zero-order valence-electron chi connectivity index (χ0n) is 15.5. The Labute approximate surface area is 159 Å². The van der Waals surface area contributed by atoms with Crippen molar-refractivity contribution in [1.82, 2.24) is 0 Å². The van der Waals surface area contributed by atoms with Crippen LogP contribution >= 0.6 is 0 Å². The van der Waals surface area contributed by atoms with Crippen LogP contribution in [0.4, 0.5) is 0 Å². The Balaban J connectivity index is 0. The first kappa shape index (κ1) is 24.4. The summed E-state index contributed by atoms with van der Waals surface area (Å²) in [5, 5.41) is 0. The van der Waals surface area contributed by atoms with E-state index < -0.39 is 0 Å². The summed E-state index contributed by atoms with van der Waals surface area (Å²) in [4.78, 5) is 0. The Morgan fingerprint density at radius 2 is 1.05 bits per heavy atom. The molecule has 0 N–H and O–H groups in total. The lowest BCUT2D eigenvalue weighted by molar-refractivity contribution is -0.871. The molecule has 0 spiro atoms. The van der Waals surface area contributed by atoms with Crippen molar-refractivity contribution in [3.8, 4) is 0 Å². The summed E-state index contributed by atoms with van der Waals surface area (Å²) in [5.41, 5.74) is 2.95. The Morgan fingerprint density at radius 1 is 0.727 bits per heavy atom. The van der Waals surface area contributed by atoms with Gasteiger partial charge in [0.25, 0.3) is 0 Å². The average Bonchev–Trinajstić information content (AvgIpc) is 2.24. The molecule has 0 saturated carbocycles. The van der Waals surface area contributed by atoms with Gasteiger partial charge in [0.2, 0.25) is 0 Å². The maximum absolute atomic E-state index is 2.42. The first-order valence-corrected chi connectivity index (χ1v) is 7.69. The van der Waals surface area contributed by atoms with E-state index in [1.807, 2.05) is 0 Å². The highest BCUT2D eigenvalue weighted by atomic mass is 79.9. The third-order valence-corrected chi connectivity index (χ3v) is 3.69. The molecule has 0 aliphatic heterocycles. The van der Waals surface area contributed by atoms with Crippen LogP contribution in [0.25, 0.3) is 0 Å². The predicted octanol–water partition coefficient (Wildman–Crippen LogP) is -2.69. The maximum atomic E-state index is 2.42. The minimum Gasteiger partial charge on any atom is -1.00 e. The molecule has 0 saturated heterocycles. The second-order valence-corrected chi connectivity index (χ2v) is 8.42. The van der Waals surface area contributed by atoms with Gasteiger partial charge in [0.05, 0.1) is 55.4 Å². The largest absolute Gasteiger partial charge is 1.00 e. The molecule has 130 valence electrons. The van der Waals surface area contributed by atoms with Crippen molar-refractivity contribution in [1.29, 1.82) is 0 Å². The minimum atomic E-state index is 0. The highest BCUT2D eigenvalue weighted by Gasteiger charge is 2.19. The number of rotatable bonds is 6. The third kappa shape index (κ3) is 9.29. The van der Waals surface area contributed by atoms with Crippen molar-refractivity contribution in [3.05, 3.63) is 35.4 Å². The van der Waals surface area contributed by atoms with Gasteiger partial charge in [0.1, 0.15) is 0 Å². The number of benzene rings is 1. The highest BCUT2D eigenvalue weighted by Crippen LogP contribution is 2.24. The topological polar surface area (TPSA) is 0 Å². The van der Waals surface area contributed by atoms with Crippen LogP contribution in [0.5, 0.6) is 0 Å². The van der Waals surface area contributed by atoms with E-state index in [9.17, 15) is 0 Å². The van der Waals surface area contributed by atoms with Crippen molar-refractivity contribution in [2.45, 2.75) is 25.7 Å². The molecule has 0 aliphatic carbocycles. The van der Waals surface area contributed by atoms with Gasteiger partial charge < -0.3 is 42.9 Å². The molecule has 4 heteroatoms. The lowest BCUT2D eigenvalue weighted by Crippen LogP contribution is -3.00. The SMILES string of the molecule is CC(C[N+](C)(C)C)c1cccc(C(C)C[N+](C)(C)C)c1.[Br-].[Br-]. The van der Waals surface area contributed by atoms with Gasteiger partial charge in [-0.2, -0.15) is 0 Å². The van der Waals surface area contributed by atoms with Crippen LogP contribution < -0.4 is 34.0 Å². The number of hydrogen-bond donors (Lipinski definition) is 0. The summed E-state index contributed by atoms with van der Waals surface area (Å²) >= 11 is 0. The fraction of sp³-hybridized carbons (Fsp3) is 0.667. The molecule has 2 unspecified atom stereocenters. The fourth-order valence-electron chi connectivity index (χ4n) is 3.03. The summed E-state index contributed by atoms with van der Waals surface area (Å²) in [6.07, 6.45) is 0. The van der Waals surface area contributed by atoms with Crippen molar-refractivity contribution < 1.29 is 42.9 Å². The Bertz CT molecular complexity index is 396. The van der Waals surface area contributed by atoms with Crippen LogP contribution in [0.2, 0.25) is 0 Å². The summed E-state index contributed by atoms with van der Waals surface area (Å²) in [6.45, 7) is 7.03. The standard InChI is InChI=1S/C18H34N2.2BrH/c1-15(13-19(3,4)5)17-10-9-11-18(12-17)16(2)14-20(6,7)8;;/h9-12,15-16H,13-14H2,1-8H3;2*1H/q+2;;/p-2. The highest BCUT2D eigenvalue weighted by molar-refractivity contribution is 5.28. The van der Waals surface area contributed by atoms with E-state index in [-0.39, 0.29) is 34.0 Å². The van der Waals surface area contributed by atoms with Gasteiger partial charge in [0, 0.05) is 11.8 Å². The van der Waals surface area contributed by atoms with Crippen molar-refractivity contribution >= 4 is 0 Å². The Hall–Kier alpha value is 0.1000. The number of quaternary nitrogens is 2. The molecule has 1 rings (SSSR count).